The monoisotopic (exact) mass is 257 g/mol. The Labute approximate surface area is 105 Å². The molecule has 1 N–H and O–H groups in total. The third kappa shape index (κ3) is 1.94. The predicted octanol–water partition coefficient (Wildman–Crippen LogP) is 2.52. The van der Waals surface area contributed by atoms with Gasteiger partial charge in [0.2, 0.25) is 0 Å². The topological polar surface area (TPSA) is 28.2 Å². The van der Waals surface area contributed by atoms with E-state index in [9.17, 15) is 0 Å². The van der Waals surface area contributed by atoms with Crippen molar-refractivity contribution in [3.8, 4) is 0 Å². The number of fused-ring (bicyclic) bond motifs is 2. The lowest BCUT2D eigenvalue weighted by molar-refractivity contribution is 0.354. The molecule has 3 heterocycles. The fraction of sp³-hybridized carbons (Fsp3) is 0.727. The molecule has 3 nitrogen and oxygen atoms in total. The lowest BCUT2D eigenvalue weighted by Gasteiger charge is -2.35. The first kappa shape index (κ1) is 10.8. The van der Waals surface area contributed by atoms with Gasteiger partial charge in [-0.3, -0.25) is 0 Å². The third-order valence-electron chi connectivity index (χ3n) is 3.76. The van der Waals surface area contributed by atoms with Crippen LogP contribution in [0.15, 0.2) is 5.38 Å². The van der Waals surface area contributed by atoms with Crippen LogP contribution in [0.5, 0.6) is 0 Å². The SMILES string of the molecule is CN(c1nc(Cl)cs1)C1CC2CCC(C1)N2. The zero-order valence-electron chi connectivity index (χ0n) is 9.32. The highest BCUT2D eigenvalue weighted by Gasteiger charge is 2.35. The lowest BCUT2D eigenvalue weighted by atomic mass is 9.99. The van der Waals surface area contributed by atoms with E-state index in [2.05, 4.69) is 22.2 Å². The van der Waals surface area contributed by atoms with Crippen molar-refractivity contribution < 1.29 is 0 Å². The van der Waals surface area contributed by atoms with E-state index in [1.165, 1.54) is 25.7 Å². The Kier molecular flexibility index (Phi) is 2.81. The van der Waals surface area contributed by atoms with Crippen molar-refractivity contribution in [1.29, 1.82) is 0 Å². The highest BCUT2D eigenvalue weighted by molar-refractivity contribution is 7.14. The molecule has 0 aromatic carbocycles. The largest absolute Gasteiger partial charge is 0.348 e. The molecule has 1 aromatic rings. The Bertz CT molecular complexity index is 369. The molecule has 2 fully saturated rings. The summed E-state index contributed by atoms with van der Waals surface area (Å²) in [5.41, 5.74) is 0. The van der Waals surface area contributed by atoms with E-state index < -0.39 is 0 Å². The predicted molar refractivity (Wildman–Crippen MR) is 68.5 cm³/mol. The number of anilines is 1. The van der Waals surface area contributed by atoms with E-state index in [4.69, 9.17) is 11.6 Å². The number of aromatic nitrogens is 1. The smallest absolute Gasteiger partial charge is 0.186 e. The molecule has 0 amide bonds. The Morgan fingerprint density at radius 2 is 2.12 bits per heavy atom. The van der Waals surface area contributed by atoms with Crippen molar-refractivity contribution in [3.05, 3.63) is 10.5 Å². The molecule has 1 aromatic heterocycles. The molecule has 0 spiro atoms. The zero-order valence-corrected chi connectivity index (χ0v) is 10.9. The highest BCUT2D eigenvalue weighted by Crippen LogP contribution is 2.32. The molecule has 2 aliphatic heterocycles. The molecule has 5 heteroatoms. The second-order valence-corrected chi connectivity index (χ2v) is 6.05. The Balaban J connectivity index is 1.73. The van der Waals surface area contributed by atoms with Crippen molar-refractivity contribution in [1.82, 2.24) is 10.3 Å². The molecule has 2 saturated heterocycles. The number of halogens is 1. The summed E-state index contributed by atoms with van der Waals surface area (Å²) in [6.45, 7) is 0. The summed E-state index contributed by atoms with van der Waals surface area (Å²) in [5, 5.41) is 7.23. The molecule has 2 unspecified atom stereocenters. The fourth-order valence-corrected chi connectivity index (χ4v) is 3.89. The average Bonchev–Trinajstić information content (AvgIpc) is 2.84. The van der Waals surface area contributed by atoms with E-state index in [1.54, 1.807) is 11.3 Å². The van der Waals surface area contributed by atoms with Crippen LogP contribution in [-0.2, 0) is 0 Å². The van der Waals surface area contributed by atoms with Crippen LogP contribution in [-0.4, -0.2) is 30.2 Å². The van der Waals surface area contributed by atoms with Crippen molar-refractivity contribution in [2.75, 3.05) is 11.9 Å². The van der Waals surface area contributed by atoms with Gasteiger partial charge in [0.15, 0.2) is 5.13 Å². The molecule has 3 rings (SSSR count). The quantitative estimate of drug-likeness (QED) is 0.883. The Hall–Kier alpha value is -0.320. The summed E-state index contributed by atoms with van der Waals surface area (Å²) >= 11 is 7.51. The minimum absolute atomic E-state index is 0.615. The van der Waals surface area contributed by atoms with Crippen molar-refractivity contribution in [2.24, 2.45) is 0 Å². The summed E-state index contributed by atoms with van der Waals surface area (Å²) in [6, 6.07) is 2.07. The zero-order chi connectivity index (χ0) is 11.1. The number of rotatable bonds is 2. The van der Waals surface area contributed by atoms with Gasteiger partial charge >= 0.3 is 0 Å². The van der Waals surface area contributed by atoms with Crippen LogP contribution in [0.2, 0.25) is 5.15 Å². The Morgan fingerprint density at radius 3 is 2.69 bits per heavy atom. The Morgan fingerprint density at radius 1 is 1.44 bits per heavy atom. The molecule has 88 valence electrons. The maximum absolute atomic E-state index is 5.87. The highest BCUT2D eigenvalue weighted by atomic mass is 35.5. The minimum atomic E-state index is 0.615. The van der Waals surface area contributed by atoms with Crippen molar-refractivity contribution in [3.63, 3.8) is 0 Å². The van der Waals surface area contributed by atoms with Gasteiger partial charge < -0.3 is 10.2 Å². The van der Waals surface area contributed by atoms with Crippen LogP contribution in [0.3, 0.4) is 0 Å². The van der Waals surface area contributed by atoms with E-state index in [-0.39, 0.29) is 0 Å². The number of nitrogens with zero attached hydrogens (tertiary/aromatic N) is 2. The first-order valence-corrected chi connectivity index (χ1v) is 7.08. The number of hydrogen-bond donors (Lipinski definition) is 1. The second-order valence-electron chi connectivity index (χ2n) is 4.83. The number of piperidine rings is 1. The molecule has 0 saturated carbocycles. The van der Waals surface area contributed by atoms with Gasteiger partial charge in [0.1, 0.15) is 5.15 Å². The van der Waals surface area contributed by atoms with E-state index in [0.29, 0.717) is 11.2 Å². The lowest BCUT2D eigenvalue weighted by Crippen LogP contribution is -2.47. The van der Waals surface area contributed by atoms with Gasteiger partial charge in [0.05, 0.1) is 0 Å². The number of nitrogens with one attached hydrogen (secondary N) is 1. The summed E-state index contributed by atoms with van der Waals surface area (Å²) in [6.07, 6.45) is 5.16. The van der Waals surface area contributed by atoms with Crippen LogP contribution in [0.4, 0.5) is 5.13 Å². The van der Waals surface area contributed by atoms with Crippen LogP contribution >= 0.6 is 22.9 Å². The molecular weight excluding hydrogens is 242 g/mol. The standard InChI is InChI=1S/C11H16ClN3S/c1-15(11-14-10(12)6-16-11)9-4-7-2-3-8(5-9)13-7/h6-9,13H,2-5H2,1H3. The van der Waals surface area contributed by atoms with Crippen molar-refractivity contribution in [2.45, 2.75) is 43.8 Å². The van der Waals surface area contributed by atoms with Crippen LogP contribution in [0, 0.1) is 0 Å². The second kappa shape index (κ2) is 4.17. The maximum atomic E-state index is 5.87. The molecule has 16 heavy (non-hydrogen) atoms. The van der Waals surface area contributed by atoms with E-state index in [0.717, 1.165) is 17.2 Å². The summed E-state index contributed by atoms with van der Waals surface area (Å²) in [7, 11) is 2.14. The number of thiazole rings is 1. The van der Waals surface area contributed by atoms with Gasteiger partial charge in [-0.1, -0.05) is 11.6 Å². The van der Waals surface area contributed by atoms with Gasteiger partial charge in [0, 0.05) is 30.6 Å². The van der Waals surface area contributed by atoms with Gasteiger partial charge in [-0.2, -0.15) is 0 Å². The summed E-state index contributed by atoms with van der Waals surface area (Å²) < 4.78 is 0. The molecule has 0 radical (unpaired) electrons. The molecule has 2 aliphatic rings. The van der Waals surface area contributed by atoms with Crippen LogP contribution < -0.4 is 10.2 Å². The average molecular weight is 258 g/mol. The van der Waals surface area contributed by atoms with Gasteiger partial charge in [-0.15, -0.1) is 11.3 Å². The van der Waals surface area contributed by atoms with Crippen molar-refractivity contribution >= 4 is 28.1 Å². The number of hydrogen-bond acceptors (Lipinski definition) is 4. The third-order valence-corrected chi connectivity index (χ3v) is 5.02. The fourth-order valence-electron chi connectivity index (χ4n) is 2.91. The minimum Gasteiger partial charge on any atom is -0.348 e. The van der Waals surface area contributed by atoms with Gasteiger partial charge in [-0.25, -0.2) is 4.98 Å². The van der Waals surface area contributed by atoms with E-state index in [1.807, 2.05) is 5.38 Å². The van der Waals surface area contributed by atoms with Crippen LogP contribution in [0.25, 0.3) is 0 Å². The first-order chi connectivity index (χ1) is 7.72. The van der Waals surface area contributed by atoms with Gasteiger partial charge in [0.25, 0.3) is 0 Å². The van der Waals surface area contributed by atoms with Crippen LogP contribution in [0.1, 0.15) is 25.7 Å². The summed E-state index contributed by atoms with van der Waals surface area (Å²) in [4.78, 5) is 6.65. The molecular formula is C11H16ClN3S. The summed E-state index contributed by atoms with van der Waals surface area (Å²) in [5.74, 6) is 0. The molecule has 2 bridgehead atoms. The first-order valence-electron chi connectivity index (χ1n) is 5.82. The molecule has 0 aliphatic carbocycles. The normalized spacial score (nSPS) is 33.0. The molecule has 2 atom stereocenters. The van der Waals surface area contributed by atoms with E-state index >= 15 is 0 Å². The van der Waals surface area contributed by atoms with Gasteiger partial charge in [-0.05, 0) is 25.7 Å². The maximum Gasteiger partial charge on any atom is 0.186 e.